The Bertz CT molecular complexity index is 647. The highest BCUT2D eigenvalue weighted by Gasteiger charge is 2.08. The van der Waals surface area contributed by atoms with E-state index in [4.69, 9.17) is 14.7 Å². The molecule has 96 valence electrons. The highest BCUT2D eigenvalue weighted by molar-refractivity contribution is 9.10. The van der Waals surface area contributed by atoms with Crippen LogP contribution in [0.4, 0.5) is 0 Å². The van der Waals surface area contributed by atoms with Gasteiger partial charge >= 0.3 is 0 Å². The quantitative estimate of drug-likeness (QED) is 0.841. The molecule has 4 heteroatoms. The summed E-state index contributed by atoms with van der Waals surface area (Å²) >= 11 is 3.40. The van der Waals surface area contributed by atoms with Crippen LogP contribution in [0.25, 0.3) is 0 Å². The Kier molecular flexibility index (Phi) is 4.08. The molecule has 0 amide bonds. The van der Waals surface area contributed by atoms with Crippen molar-refractivity contribution in [2.45, 2.75) is 6.92 Å². The minimum Gasteiger partial charge on any atom is -0.497 e. The van der Waals surface area contributed by atoms with Gasteiger partial charge in [0.25, 0.3) is 0 Å². The van der Waals surface area contributed by atoms with Crippen LogP contribution in [-0.2, 0) is 0 Å². The predicted molar refractivity (Wildman–Crippen MR) is 76.7 cm³/mol. The molecule has 0 aliphatic rings. The zero-order valence-electron chi connectivity index (χ0n) is 10.6. The molecule has 0 saturated heterocycles. The molecular weight excluding hydrogens is 306 g/mol. The number of hydrogen-bond acceptors (Lipinski definition) is 3. The van der Waals surface area contributed by atoms with E-state index >= 15 is 0 Å². The van der Waals surface area contributed by atoms with Crippen molar-refractivity contribution in [2.24, 2.45) is 0 Å². The van der Waals surface area contributed by atoms with Gasteiger partial charge in [-0.3, -0.25) is 0 Å². The molecule has 0 fully saturated rings. The second-order valence-corrected chi connectivity index (χ2v) is 4.90. The van der Waals surface area contributed by atoms with Crippen molar-refractivity contribution in [1.82, 2.24) is 0 Å². The number of benzene rings is 2. The first-order valence-corrected chi connectivity index (χ1v) is 6.45. The average Bonchev–Trinajstić information content (AvgIpc) is 2.41. The summed E-state index contributed by atoms with van der Waals surface area (Å²) in [5.74, 6) is 1.86. The fourth-order valence-corrected chi connectivity index (χ4v) is 2.13. The molecule has 2 rings (SSSR count). The van der Waals surface area contributed by atoms with Gasteiger partial charge in [0.15, 0.2) is 0 Å². The standard InChI is InChI=1S/C15H12BrNO2/c1-10-7-12(16)4-6-14(10)19-15-8-13(18-2)5-3-11(15)9-17/h3-8H,1-2H3. The van der Waals surface area contributed by atoms with Crippen molar-refractivity contribution in [3.05, 3.63) is 52.0 Å². The topological polar surface area (TPSA) is 42.2 Å². The summed E-state index contributed by atoms with van der Waals surface area (Å²) in [7, 11) is 1.58. The third-order valence-corrected chi connectivity index (χ3v) is 3.16. The van der Waals surface area contributed by atoms with Gasteiger partial charge in [-0.25, -0.2) is 0 Å². The molecule has 0 N–H and O–H groups in total. The monoisotopic (exact) mass is 317 g/mol. The average molecular weight is 318 g/mol. The molecule has 0 aromatic heterocycles. The largest absolute Gasteiger partial charge is 0.497 e. The van der Waals surface area contributed by atoms with Crippen LogP contribution in [0.5, 0.6) is 17.2 Å². The minimum absolute atomic E-state index is 0.475. The molecule has 0 atom stereocenters. The molecule has 0 aliphatic heterocycles. The first kappa shape index (κ1) is 13.4. The Morgan fingerprint density at radius 2 is 1.89 bits per heavy atom. The summed E-state index contributed by atoms with van der Waals surface area (Å²) < 4.78 is 11.9. The van der Waals surface area contributed by atoms with Crippen LogP contribution in [0, 0.1) is 18.3 Å². The number of nitriles is 1. The van der Waals surface area contributed by atoms with Crippen LogP contribution in [0.1, 0.15) is 11.1 Å². The van der Waals surface area contributed by atoms with Gasteiger partial charge in [-0.05, 0) is 42.8 Å². The Hall–Kier alpha value is -1.99. The van der Waals surface area contributed by atoms with Gasteiger partial charge in [0, 0.05) is 10.5 Å². The summed E-state index contributed by atoms with van der Waals surface area (Å²) in [6, 6.07) is 13.0. The summed E-state index contributed by atoms with van der Waals surface area (Å²) in [5, 5.41) is 9.10. The predicted octanol–water partition coefficient (Wildman–Crippen LogP) is 4.43. The maximum Gasteiger partial charge on any atom is 0.148 e. The third kappa shape index (κ3) is 3.07. The molecule has 0 bridgehead atoms. The molecule has 0 heterocycles. The van der Waals surface area contributed by atoms with Crippen molar-refractivity contribution in [1.29, 1.82) is 5.26 Å². The van der Waals surface area contributed by atoms with E-state index in [1.807, 2.05) is 25.1 Å². The van der Waals surface area contributed by atoms with Crippen LogP contribution >= 0.6 is 15.9 Å². The van der Waals surface area contributed by atoms with Crippen molar-refractivity contribution in [3.63, 3.8) is 0 Å². The van der Waals surface area contributed by atoms with E-state index in [1.54, 1.807) is 25.3 Å². The second-order valence-electron chi connectivity index (χ2n) is 3.99. The van der Waals surface area contributed by atoms with Crippen molar-refractivity contribution in [3.8, 4) is 23.3 Å². The summed E-state index contributed by atoms with van der Waals surface area (Å²) in [6.45, 7) is 1.95. The molecule has 2 aromatic carbocycles. The highest BCUT2D eigenvalue weighted by atomic mass is 79.9. The number of methoxy groups -OCH3 is 1. The van der Waals surface area contributed by atoms with Crippen LogP contribution in [0.3, 0.4) is 0 Å². The van der Waals surface area contributed by atoms with Crippen LogP contribution < -0.4 is 9.47 Å². The van der Waals surface area contributed by atoms with Crippen molar-refractivity contribution < 1.29 is 9.47 Å². The number of halogens is 1. The lowest BCUT2D eigenvalue weighted by molar-refractivity contribution is 0.408. The number of ether oxygens (including phenoxy) is 2. The molecule has 19 heavy (non-hydrogen) atoms. The fraction of sp³-hybridized carbons (Fsp3) is 0.133. The van der Waals surface area contributed by atoms with Gasteiger partial charge in [0.05, 0.1) is 12.7 Å². The number of hydrogen-bond donors (Lipinski definition) is 0. The van der Waals surface area contributed by atoms with Gasteiger partial charge in [0.2, 0.25) is 0 Å². The smallest absolute Gasteiger partial charge is 0.148 e. The van der Waals surface area contributed by atoms with Crippen molar-refractivity contribution >= 4 is 15.9 Å². The Morgan fingerprint density at radius 1 is 1.11 bits per heavy atom. The van der Waals surface area contributed by atoms with Gasteiger partial charge in [-0.15, -0.1) is 0 Å². The van der Waals surface area contributed by atoms with E-state index in [1.165, 1.54) is 0 Å². The second kappa shape index (κ2) is 5.77. The third-order valence-electron chi connectivity index (χ3n) is 2.67. The van der Waals surface area contributed by atoms with Crippen molar-refractivity contribution in [2.75, 3.05) is 7.11 Å². The lowest BCUT2D eigenvalue weighted by Gasteiger charge is -2.11. The van der Waals surface area contributed by atoms with Gasteiger partial charge in [0.1, 0.15) is 23.3 Å². The number of rotatable bonds is 3. The molecule has 0 unspecified atom stereocenters. The van der Waals surface area contributed by atoms with E-state index in [2.05, 4.69) is 22.0 Å². The molecule has 0 spiro atoms. The van der Waals surface area contributed by atoms with Crippen LogP contribution in [-0.4, -0.2) is 7.11 Å². The Morgan fingerprint density at radius 3 is 2.53 bits per heavy atom. The SMILES string of the molecule is COc1ccc(C#N)c(Oc2ccc(Br)cc2C)c1. The van der Waals surface area contributed by atoms with E-state index in [0.29, 0.717) is 22.8 Å². The molecule has 3 nitrogen and oxygen atoms in total. The zero-order valence-corrected chi connectivity index (χ0v) is 12.2. The molecule has 0 saturated carbocycles. The lowest BCUT2D eigenvalue weighted by atomic mass is 10.2. The molecule has 2 aromatic rings. The summed E-state index contributed by atoms with van der Waals surface area (Å²) in [6.07, 6.45) is 0. The zero-order chi connectivity index (χ0) is 13.8. The first-order valence-electron chi connectivity index (χ1n) is 5.66. The first-order chi connectivity index (χ1) is 9.13. The van der Waals surface area contributed by atoms with E-state index in [0.717, 1.165) is 10.0 Å². The van der Waals surface area contributed by atoms with Crippen LogP contribution in [0.2, 0.25) is 0 Å². The number of nitrogens with zero attached hydrogens (tertiary/aromatic N) is 1. The summed E-state index contributed by atoms with van der Waals surface area (Å²) in [4.78, 5) is 0. The van der Waals surface area contributed by atoms with E-state index in [9.17, 15) is 0 Å². The minimum atomic E-state index is 0.475. The van der Waals surface area contributed by atoms with Gasteiger partial charge in [-0.1, -0.05) is 15.9 Å². The maximum atomic E-state index is 9.10. The molecule has 0 aliphatic carbocycles. The fourth-order valence-electron chi connectivity index (χ4n) is 1.65. The summed E-state index contributed by atoms with van der Waals surface area (Å²) in [5.41, 5.74) is 1.46. The normalized spacial score (nSPS) is 9.79. The maximum absolute atomic E-state index is 9.10. The number of aryl methyl sites for hydroxylation is 1. The van der Waals surface area contributed by atoms with Crippen LogP contribution in [0.15, 0.2) is 40.9 Å². The highest BCUT2D eigenvalue weighted by Crippen LogP contribution is 2.31. The Labute approximate surface area is 120 Å². The van der Waals surface area contributed by atoms with Gasteiger partial charge < -0.3 is 9.47 Å². The molecule has 0 radical (unpaired) electrons. The lowest BCUT2D eigenvalue weighted by Crippen LogP contribution is -1.92. The van der Waals surface area contributed by atoms with Gasteiger partial charge in [-0.2, -0.15) is 5.26 Å². The Balaban J connectivity index is 2.39. The van der Waals surface area contributed by atoms with E-state index in [-0.39, 0.29) is 0 Å². The molecular formula is C15H12BrNO2. The van der Waals surface area contributed by atoms with E-state index < -0.39 is 0 Å².